The number of ketones is 1. The molecule has 1 aliphatic heterocycles. The summed E-state index contributed by atoms with van der Waals surface area (Å²) in [6.07, 6.45) is 2.06. The highest BCUT2D eigenvalue weighted by atomic mass is 16.7. The first-order chi connectivity index (χ1) is 9.46. The van der Waals surface area contributed by atoms with E-state index in [0.29, 0.717) is 0 Å². The summed E-state index contributed by atoms with van der Waals surface area (Å²) >= 11 is 0. The summed E-state index contributed by atoms with van der Waals surface area (Å²) in [6, 6.07) is 9.29. The SMILES string of the molecule is CC(=O)OC1C=CC(=O)C(c2ccccc2)(C(C)C)O1. The van der Waals surface area contributed by atoms with Crippen molar-refractivity contribution < 1.29 is 19.1 Å². The number of carbonyl (C=O) groups is 2. The molecule has 1 aromatic rings. The highest BCUT2D eigenvalue weighted by Gasteiger charge is 2.47. The predicted molar refractivity (Wildman–Crippen MR) is 73.7 cm³/mol. The van der Waals surface area contributed by atoms with Crippen molar-refractivity contribution in [3.63, 3.8) is 0 Å². The largest absolute Gasteiger partial charge is 0.432 e. The van der Waals surface area contributed by atoms with Crippen molar-refractivity contribution in [2.24, 2.45) is 5.92 Å². The molecule has 0 radical (unpaired) electrons. The van der Waals surface area contributed by atoms with Gasteiger partial charge < -0.3 is 9.47 Å². The zero-order valence-corrected chi connectivity index (χ0v) is 11.8. The number of rotatable bonds is 3. The van der Waals surface area contributed by atoms with Crippen LogP contribution in [0.5, 0.6) is 0 Å². The van der Waals surface area contributed by atoms with E-state index in [1.54, 1.807) is 0 Å². The summed E-state index contributed by atoms with van der Waals surface area (Å²) in [5, 5.41) is 0. The Bertz CT molecular complexity index is 533. The maximum Gasteiger partial charge on any atom is 0.305 e. The number of benzene rings is 1. The molecular formula is C16H18O4. The molecule has 1 aromatic carbocycles. The van der Waals surface area contributed by atoms with Crippen LogP contribution in [0, 0.1) is 5.92 Å². The van der Waals surface area contributed by atoms with E-state index in [1.165, 1.54) is 19.1 Å². The van der Waals surface area contributed by atoms with Crippen LogP contribution in [-0.4, -0.2) is 18.0 Å². The second-order valence-electron chi connectivity index (χ2n) is 5.08. The first-order valence-corrected chi connectivity index (χ1v) is 6.60. The summed E-state index contributed by atoms with van der Waals surface area (Å²) in [7, 11) is 0. The fourth-order valence-corrected chi connectivity index (χ4v) is 2.45. The van der Waals surface area contributed by atoms with Crippen LogP contribution in [0.25, 0.3) is 0 Å². The number of hydrogen-bond donors (Lipinski definition) is 0. The summed E-state index contributed by atoms with van der Waals surface area (Å²) in [4.78, 5) is 23.5. The van der Waals surface area contributed by atoms with Crippen molar-refractivity contribution in [1.29, 1.82) is 0 Å². The standard InChI is InChI=1S/C16H18O4/c1-11(2)16(13-7-5-4-6-8-13)14(18)9-10-15(20-16)19-12(3)17/h4-11,15H,1-3H3. The maximum absolute atomic E-state index is 12.4. The van der Waals surface area contributed by atoms with E-state index in [9.17, 15) is 9.59 Å². The fraction of sp³-hybridized carbons (Fsp3) is 0.375. The summed E-state index contributed by atoms with van der Waals surface area (Å²) < 4.78 is 10.9. The first kappa shape index (κ1) is 14.5. The van der Waals surface area contributed by atoms with Gasteiger partial charge in [-0.2, -0.15) is 0 Å². The smallest absolute Gasteiger partial charge is 0.305 e. The normalized spacial score (nSPS) is 25.8. The molecule has 4 heteroatoms. The lowest BCUT2D eigenvalue weighted by Gasteiger charge is -2.39. The van der Waals surface area contributed by atoms with E-state index in [0.717, 1.165) is 5.56 Å². The summed E-state index contributed by atoms with van der Waals surface area (Å²) in [5.41, 5.74) is -0.350. The van der Waals surface area contributed by atoms with Crippen molar-refractivity contribution in [3.8, 4) is 0 Å². The third-order valence-electron chi connectivity index (χ3n) is 3.37. The molecule has 0 aliphatic carbocycles. The second kappa shape index (κ2) is 5.59. The van der Waals surface area contributed by atoms with Gasteiger partial charge in [-0.25, -0.2) is 0 Å². The molecule has 0 saturated carbocycles. The number of hydrogen-bond acceptors (Lipinski definition) is 4. The lowest BCUT2D eigenvalue weighted by Crippen LogP contribution is -2.48. The molecule has 0 aromatic heterocycles. The average molecular weight is 274 g/mol. The first-order valence-electron chi connectivity index (χ1n) is 6.60. The third kappa shape index (κ3) is 2.51. The number of ether oxygens (including phenoxy) is 2. The fourth-order valence-electron chi connectivity index (χ4n) is 2.45. The van der Waals surface area contributed by atoms with Crippen LogP contribution < -0.4 is 0 Å². The number of carbonyl (C=O) groups excluding carboxylic acids is 2. The molecule has 0 saturated heterocycles. The van der Waals surface area contributed by atoms with E-state index < -0.39 is 17.9 Å². The second-order valence-corrected chi connectivity index (χ2v) is 5.08. The Morgan fingerprint density at radius 1 is 1.30 bits per heavy atom. The van der Waals surface area contributed by atoms with Gasteiger partial charge in [-0.15, -0.1) is 0 Å². The highest BCUT2D eigenvalue weighted by Crippen LogP contribution is 2.39. The lowest BCUT2D eigenvalue weighted by atomic mass is 9.78. The quantitative estimate of drug-likeness (QED) is 0.795. The van der Waals surface area contributed by atoms with Gasteiger partial charge in [-0.1, -0.05) is 44.2 Å². The lowest BCUT2D eigenvalue weighted by molar-refractivity contribution is -0.212. The van der Waals surface area contributed by atoms with Crippen molar-refractivity contribution in [3.05, 3.63) is 48.0 Å². The van der Waals surface area contributed by atoms with E-state index in [2.05, 4.69) is 0 Å². The van der Waals surface area contributed by atoms with Crippen LogP contribution in [-0.2, 0) is 24.7 Å². The van der Waals surface area contributed by atoms with Crippen LogP contribution in [0.15, 0.2) is 42.5 Å². The molecule has 20 heavy (non-hydrogen) atoms. The topological polar surface area (TPSA) is 52.6 Å². The minimum Gasteiger partial charge on any atom is -0.432 e. The van der Waals surface area contributed by atoms with Crippen molar-refractivity contribution >= 4 is 11.8 Å². The van der Waals surface area contributed by atoms with Gasteiger partial charge in [0.2, 0.25) is 6.29 Å². The Balaban J connectivity index is 2.44. The zero-order valence-electron chi connectivity index (χ0n) is 11.8. The van der Waals surface area contributed by atoms with E-state index >= 15 is 0 Å². The van der Waals surface area contributed by atoms with Crippen LogP contribution in [0.2, 0.25) is 0 Å². The van der Waals surface area contributed by atoms with Crippen LogP contribution in [0.4, 0.5) is 0 Å². The minimum atomic E-state index is -1.11. The molecule has 0 amide bonds. The van der Waals surface area contributed by atoms with Gasteiger partial charge in [-0.05, 0) is 23.6 Å². The molecular weight excluding hydrogens is 256 g/mol. The van der Waals surface area contributed by atoms with Crippen LogP contribution in [0.3, 0.4) is 0 Å². The van der Waals surface area contributed by atoms with Crippen LogP contribution in [0.1, 0.15) is 26.3 Å². The van der Waals surface area contributed by atoms with Gasteiger partial charge in [0.1, 0.15) is 0 Å². The average Bonchev–Trinajstić information content (AvgIpc) is 2.41. The van der Waals surface area contributed by atoms with Crippen molar-refractivity contribution in [2.75, 3.05) is 0 Å². The molecule has 0 fully saturated rings. The third-order valence-corrected chi connectivity index (χ3v) is 3.37. The highest BCUT2D eigenvalue weighted by molar-refractivity contribution is 5.98. The minimum absolute atomic E-state index is 0.0968. The molecule has 106 valence electrons. The molecule has 0 N–H and O–H groups in total. The van der Waals surface area contributed by atoms with Gasteiger partial charge in [0.05, 0.1) is 0 Å². The molecule has 0 bridgehead atoms. The Kier molecular flexibility index (Phi) is 4.04. The predicted octanol–water partition coefficient (Wildman–Crippen LogP) is 2.58. The molecule has 2 atom stereocenters. The number of esters is 1. The van der Waals surface area contributed by atoms with Crippen molar-refractivity contribution in [2.45, 2.75) is 32.7 Å². The van der Waals surface area contributed by atoms with Gasteiger partial charge in [0.15, 0.2) is 11.4 Å². The van der Waals surface area contributed by atoms with E-state index in [-0.39, 0.29) is 11.7 Å². The summed E-state index contributed by atoms with van der Waals surface area (Å²) in [5.74, 6) is -0.678. The van der Waals surface area contributed by atoms with E-state index in [1.807, 2.05) is 44.2 Å². The Morgan fingerprint density at radius 3 is 2.50 bits per heavy atom. The van der Waals surface area contributed by atoms with Gasteiger partial charge >= 0.3 is 5.97 Å². The molecule has 4 nitrogen and oxygen atoms in total. The van der Waals surface area contributed by atoms with Crippen LogP contribution >= 0.6 is 0 Å². The van der Waals surface area contributed by atoms with E-state index in [4.69, 9.17) is 9.47 Å². The monoisotopic (exact) mass is 274 g/mol. The Morgan fingerprint density at radius 2 is 1.95 bits per heavy atom. The molecule has 2 unspecified atom stereocenters. The maximum atomic E-state index is 12.4. The van der Waals surface area contributed by atoms with Gasteiger partial charge in [-0.3, -0.25) is 9.59 Å². The molecule has 0 spiro atoms. The summed E-state index contributed by atoms with van der Waals surface area (Å²) in [6.45, 7) is 5.14. The van der Waals surface area contributed by atoms with Gasteiger partial charge in [0, 0.05) is 6.92 Å². The Hall–Kier alpha value is -1.94. The zero-order chi connectivity index (χ0) is 14.8. The molecule has 2 rings (SSSR count). The Labute approximate surface area is 118 Å². The van der Waals surface area contributed by atoms with Crippen molar-refractivity contribution in [1.82, 2.24) is 0 Å². The molecule has 1 heterocycles. The molecule has 1 aliphatic rings. The van der Waals surface area contributed by atoms with Gasteiger partial charge in [0.25, 0.3) is 0 Å².